The van der Waals surface area contributed by atoms with Crippen molar-refractivity contribution in [2.45, 2.75) is 25.5 Å². The molecule has 2 aliphatic heterocycles. The topological polar surface area (TPSA) is 108 Å². The van der Waals surface area contributed by atoms with Crippen molar-refractivity contribution in [2.24, 2.45) is 0 Å². The minimum Gasteiger partial charge on any atom is -0.444 e. The molecule has 3 rings (SSSR count). The Morgan fingerprint density at radius 3 is 2.63 bits per heavy atom. The van der Waals surface area contributed by atoms with E-state index in [-0.39, 0.29) is 24.1 Å². The van der Waals surface area contributed by atoms with Crippen molar-refractivity contribution in [1.29, 1.82) is 0 Å². The maximum Gasteiger partial charge on any atom is 0.410 e. The van der Waals surface area contributed by atoms with Crippen LogP contribution in [0, 0.1) is 0 Å². The molecule has 2 N–H and O–H groups in total. The lowest BCUT2D eigenvalue weighted by molar-refractivity contribution is 0.0258. The van der Waals surface area contributed by atoms with E-state index in [1.165, 1.54) is 0 Å². The predicted molar refractivity (Wildman–Crippen MR) is 98.6 cm³/mol. The highest BCUT2D eigenvalue weighted by Crippen LogP contribution is 2.18. The first kappa shape index (κ1) is 19.6. The van der Waals surface area contributed by atoms with Gasteiger partial charge in [0.1, 0.15) is 6.10 Å². The molecule has 0 aliphatic carbocycles. The number of hydrogen-bond acceptors (Lipinski definition) is 5. The second-order valence-electron chi connectivity index (χ2n) is 6.59. The number of anilines is 1. The van der Waals surface area contributed by atoms with Crippen molar-refractivity contribution in [3.05, 3.63) is 29.8 Å². The van der Waals surface area contributed by atoms with Gasteiger partial charge in [-0.1, -0.05) is 0 Å². The van der Waals surface area contributed by atoms with Crippen LogP contribution in [0.5, 0.6) is 0 Å². The molecule has 1 aromatic carbocycles. The van der Waals surface area contributed by atoms with Crippen LogP contribution in [0.15, 0.2) is 24.3 Å². The zero-order chi connectivity index (χ0) is 19.4. The van der Waals surface area contributed by atoms with Gasteiger partial charge in [0.2, 0.25) is 0 Å². The maximum absolute atomic E-state index is 12.7. The molecule has 2 heterocycles. The lowest BCUT2D eigenvalue weighted by atomic mass is 10.1. The number of piperazine rings is 1. The first-order valence-electron chi connectivity index (χ1n) is 8.76. The smallest absolute Gasteiger partial charge is 0.410 e. The summed E-state index contributed by atoms with van der Waals surface area (Å²) in [5.41, 5.74) is 0.930. The predicted octanol–water partition coefficient (Wildman–Crippen LogP) is 1.31. The minimum atomic E-state index is -2.16. The SMILES string of the molecule is CC1CN(C(=O)OC2CCOC2)CCN1C(=O)c1ccc(NS(=O)O)cc1. The third-order valence-electron chi connectivity index (χ3n) is 4.64. The van der Waals surface area contributed by atoms with Gasteiger partial charge in [0.25, 0.3) is 17.2 Å². The average Bonchev–Trinajstić information content (AvgIpc) is 3.14. The van der Waals surface area contributed by atoms with E-state index in [0.717, 1.165) is 0 Å². The number of nitrogens with one attached hydrogen (secondary N) is 1. The molecule has 0 bridgehead atoms. The molecule has 3 unspecified atom stereocenters. The lowest BCUT2D eigenvalue weighted by Crippen LogP contribution is -2.55. The van der Waals surface area contributed by atoms with Gasteiger partial charge in [-0.2, -0.15) is 0 Å². The van der Waals surface area contributed by atoms with Crippen LogP contribution in [0.3, 0.4) is 0 Å². The van der Waals surface area contributed by atoms with E-state index < -0.39 is 11.3 Å². The molecule has 3 atom stereocenters. The Hall–Kier alpha value is -2.17. The molecule has 1 aromatic rings. The van der Waals surface area contributed by atoms with E-state index >= 15 is 0 Å². The molecule has 0 spiro atoms. The van der Waals surface area contributed by atoms with Gasteiger partial charge in [-0.05, 0) is 31.2 Å². The zero-order valence-corrected chi connectivity index (χ0v) is 15.8. The van der Waals surface area contributed by atoms with E-state index in [9.17, 15) is 13.8 Å². The minimum absolute atomic E-state index is 0.142. The van der Waals surface area contributed by atoms with Crippen LogP contribution < -0.4 is 4.72 Å². The van der Waals surface area contributed by atoms with E-state index in [2.05, 4.69) is 4.72 Å². The summed E-state index contributed by atoms with van der Waals surface area (Å²) in [6.45, 7) is 4.16. The Morgan fingerprint density at radius 2 is 2.04 bits per heavy atom. The Kier molecular flexibility index (Phi) is 6.30. The van der Waals surface area contributed by atoms with Crippen molar-refractivity contribution in [3.63, 3.8) is 0 Å². The van der Waals surface area contributed by atoms with Crippen LogP contribution in [0.4, 0.5) is 10.5 Å². The summed E-state index contributed by atoms with van der Waals surface area (Å²) in [5, 5.41) is 0. The highest BCUT2D eigenvalue weighted by Gasteiger charge is 2.32. The monoisotopic (exact) mass is 397 g/mol. The van der Waals surface area contributed by atoms with Gasteiger partial charge in [-0.3, -0.25) is 14.1 Å². The van der Waals surface area contributed by atoms with Gasteiger partial charge in [0.15, 0.2) is 0 Å². The summed E-state index contributed by atoms with van der Waals surface area (Å²) >= 11 is -2.16. The van der Waals surface area contributed by atoms with Gasteiger partial charge in [-0.25, -0.2) is 9.00 Å². The summed E-state index contributed by atoms with van der Waals surface area (Å²) < 4.78 is 32.5. The first-order chi connectivity index (χ1) is 12.9. The quantitative estimate of drug-likeness (QED) is 0.742. The van der Waals surface area contributed by atoms with Crippen LogP contribution in [0.2, 0.25) is 0 Å². The Balaban J connectivity index is 1.56. The average molecular weight is 397 g/mol. The number of carbonyl (C=O) groups is 2. The molecule has 2 saturated heterocycles. The van der Waals surface area contributed by atoms with Crippen LogP contribution in [-0.2, 0) is 20.7 Å². The Bertz CT molecular complexity index is 707. The Morgan fingerprint density at radius 1 is 1.30 bits per heavy atom. The number of carbonyl (C=O) groups excluding carboxylic acids is 2. The molecule has 2 fully saturated rings. The maximum atomic E-state index is 12.7. The van der Waals surface area contributed by atoms with E-state index in [4.69, 9.17) is 14.0 Å². The molecular formula is C17H23N3O6S. The van der Waals surface area contributed by atoms with Crippen molar-refractivity contribution >= 4 is 29.0 Å². The summed E-state index contributed by atoms with van der Waals surface area (Å²) in [4.78, 5) is 28.3. The third-order valence-corrected chi connectivity index (χ3v) is 5.05. The van der Waals surface area contributed by atoms with Gasteiger partial charge in [0, 0.05) is 43.3 Å². The van der Waals surface area contributed by atoms with E-state index in [1.54, 1.807) is 34.1 Å². The van der Waals surface area contributed by atoms with Crippen LogP contribution >= 0.6 is 0 Å². The fourth-order valence-corrected chi connectivity index (χ4v) is 3.53. The summed E-state index contributed by atoms with van der Waals surface area (Å²) in [6.07, 6.45) is 0.166. The molecule has 0 saturated carbocycles. The van der Waals surface area contributed by atoms with Gasteiger partial charge >= 0.3 is 6.09 Å². The molecule has 9 nitrogen and oxygen atoms in total. The highest BCUT2D eigenvalue weighted by molar-refractivity contribution is 7.80. The standard InChI is InChI=1S/C17H23N3O6S/c1-12-10-19(17(22)26-15-6-9-25-11-15)7-8-20(12)16(21)13-2-4-14(5-3-13)18-27(23)24/h2-5,12,15,18H,6-11H2,1H3,(H,23,24). The molecule has 27 heavy (non-hydrogen) atoms. The third kappa shape index (κ3) is 4.96. The zero-order valence-electron chi connectivity index (χ0n) is 15.0. The Labute approximate surface area is 160 Å². The fraction of sp³-hybridized carbons (Fsp3) is 0.529. The normalized spacial score (nSPS) is 23.8. The first-order valence-corrected chi connectivity index (χ1v) is 9.86. The summed E-state index contributed by atoms with van der Waals surface area (Å²) in [5.74, 6) is -0.142. The molecule has 2 amide bonds. The second-order valence-corrected chi connectivity index (χ2v) is 7.29. The molecule has 2 aliphatic rings. The van der Waals surface area contributed by atoms with E-state index in [0.29, 0.717) is 50.5 Å². The highest BCUT2D eigenvalue weighted by atomic mass is 32.2. The number of amides is 2. The molecule has 0 radical (unpaired) electrons. The number of rotatable bonds is 4. The van der Waals surface area contributed by atoms with Crippen LogP contribution in [-0.4, -0.2) is 75.6 Å². The molecular weight excluding hydrogens is 374 g/mol. The number of benzene rings is 1. The molecule has 10 heteroatoms. The van der Waals surface area contributed by atoms with Crippen LogP contribution in [0.25, 0.3) is 0 Å². The van der Waals surface area contributed by atoms with Gasteiger partial charge < -0.3 is 19.3 Å². The number of nitrogens with zero attached hydrogens (tertiary/aromatic N) is 2. The van der Waals surface area contributed by atoms with Crippen molar-refractivity contribution in [2.75, 3.05) is 37.6 Å². The molecule has 148 valence electrons. The van der Waals surface area contributed by atoms with E-state index in [1.807, 2.05) is 6.92 Å². The summed E-state index contributed by atoms with van der Waals surface area (Å²) in [7, 11) is 0. The van der Waals surface area contributed by atoms with Crippen molar-refractivity contribution in [3.8, 4) is 0 Å². The lowest BCUT2D eigenvalue weighted by Gasteiger charge is -2.39. The second kappa shape index (κ2) is 8.68. The summed E-state index contributed by atoms with van der Waals surface area (Å²) in [6, 6.07) is 6.20. The van der Waals surface area contributed by atoms with Crippen molar-refractivity contribution in [1.82, 2.24) is 9.80 Å². The fourth-order valence-electron chi connectivity index (χ4n) is 3.20. The van der Waals surface area contributed by atoms with Crippen molar-refractivity contribution < 1.29 is 27.8 Å². The number of ether oxygens (including phenoxy) is 2. The van der Waals surface area contributed by atoms with Crippen LogP contribution in [0.1, 0.15) is 23.7 Å². The number of hydrogen-bond donors (Lipinski definition) is 2. The van der Waals surface area contributed by atoms with Gasteiger partial charge in [-0.15, -0.1) is 0 Å². The van der Waals surface area contributed by atoms with Gasteiger partial charge in [0.05, 0.1) is 13.2 Å². The largest absolute Gasteiger partial charge is 0.444 e. The molecule has 0 aromatic heterocycles.